The van der Waals surface area contributed by atoms with E-state index in [-0.39, 0.29) is 40.1 Å². The van der Waals surface area contributed by atoms with Crippen LogP contribution in [0.4, 0.5) is 19.1 Å². The molecular weight excluding hydrogens is 453 g/mol. The van der Waals surface area contributed by atoms with Crippen molar-refractivity contribution < 1.29 is 27.5 Å². The van der Waals surface area contributed by atoms with Crippen LogP contribution in [0.5, 0.6) is 5.75 Å². The fourth-order valence-corrected chi connectivity index (χ4v) is 3.74. The van der Waals surface area contributed by atoms with Crippen LogP contribution in [0.1, 0.15) is 24.6 Å². The predicted molar refractivity (Wildman–Crippen MR) is 123 cm³/mol. The third-order valence-corrected chi connectivity index (χ3v) is 5.33. The fourth-order valence-electron chi connectivity index (χ4n) is 3.48. The van der Waals surface area contributed by atoms with Gasteiger partial charge in [0.15, 0.2) is 0 Å². The van der Waals surface area contributed by atoms with Gasteiger partial charge in [-0.25, -0.2) is 4.98 Å². The van der Waals surface area contributed by atoms with E-state index in [1.165, 1.54) is 43.3 Å². The molecule has 0 spiro atoms. The van der Waals surface area contributed by atoms with Gasteiger partial charge in [-0.2, -0.15) is 13.2 Å². The number of hydrogen-bond donors (Lipinski definition) is 2. The first-order valence-electron chi connectivity index (χ1n) is 9.84. The summed E-state index contributed by atoms with van der Waals surface area (Å²) in [6.07, 6.45) is 1.42. The Labute approximate surface area is 192 Å². The van der Waals surface area contributed by atoms with Gasteiger partial charge in [0.05, 0.1) is 11.1 Å². The summed E-state index contributed by atoms with van der Waals surface area (Å²) in [5.41, 5.74) is 0.359. The molecule has 0 atom stereocenters. The molecule has 0 bridgehead atoms. The van der Waals surface area contributed by atoms with Gasteiger partial charge in [0.25, 0.3) is 0 Å². The molecule has 5 nitrogen and oxygen atoms in total. The van der Waals surface area contributed by atoms with Gasteiger partial charge in [-0.15, -0.1) is 0 Å². The van der Waals surface area contributed by atoms with Gasteiger partial charge >= 0.3 is 6.18 Å². The Balaban J connectivity index is 1.78. The highest BCUT2D eigenvalue weighted by atomic mass is 32.1. The molecule has 0 fully saturated rings. The first-order chi connectivity index (χ1) is 15.6. The average Bonchev–Trinajstić information content (AvgIpc) is 3.15. The molecule has 1 amide bonds. The topological polar surface area (TPSA) is 75.4 Å². The van der Waals surface area contributed by atoms with Crippen molar-refractivity contribution in [3.05, 3.63) is 72.0 Å². The molecule has 1 aromatic heterocycles. The summed E-state index contributed by atoms with van der Waals surface area (Å²) < 4.78 is 45.9. The lowest BCUT2D eigenvalue weighted by molar-refractivity contribution is -0.137. The molecule has 1 heterocycles. The molecule has 2 N–H and O–H groups in total. The first kappa shape index (κ1) is 22.5. The molecule has 168 valence electrons. The number of aromatic hydroxyl groups is 1. The van der Waals surface area contributed by atoms with Gasteiger partial charge in [0.1, 0.15) is 11.4 Å². The van der Waals surface area contributed by atoms with Crippen LogP contribution in [-0.2, 0) is 11.0 Å². The zero-order valence-corrected chi connectivity index (χ0v) is 18.1. The Morgan fingerprint density at radius 3 is 2.61 bits per heavy atom. The van der Waals surface area contributed by atoms with Gasteiger partial charge in [0.2, 0.25) is 17.7 Å². The van der Waals surface area contributed by atoms with Crippen LogP contribution in [-0.4, -0.2) is 20.9 Å². The standard InChI is InChI=1S/C24H17F3N2O3S/c1-13(30)28-23-21(17-7-3-5-9-20(17)33)29-22(32-23)16-11-10-14(12-19(16)31)15-6-2-4-8-18(15)24(25,26)27/h2-8,10-12,31H,9H2,1H3,(H,28,30). The smallest absolute Gasteiger partial charge is 0.417 e. The zero-order valence-electron chi connectivity index (χ0n) is 17.2. The molecule has 1 aliphatic carbocycles. The van der Waals surface area contributed by atoms with E-state index >= 15 is 0 Å². The number of carbonyl (C=O) groups excluding carboxylic acids is 1. The summed E-state index contributed by atoms with van der Waals surface area (Å²) in [5.74, 6) is -0.667. The Morgan fingerprint density at radius 2 is 1.94 bits per heavy atom. The number of oxazole rings is 1. The van der Waals surface area contributed by atoms with E-state index in [0.29, 0.717) is 22.6 Å². The fraction of sp³-hybridized carbons (Fsp3) is 0.125. The Kier molecular flexibility index (Phi) is 5.90. The van der Waals surface area contributed by atoms with Crippen molar-refractivity contribution in [2.24, 2.45) is 0 Å². The van der Waals surface area contributed by atoms with Crippen molar-refractivity contribution in [3.63, 3.8) is 0 Å². The molecule has 4 rings (SSSR count). The van der Waals surface area contributed by atoms with Gasteiger partial charge in [-0.3, -0.25) is 10.1 Å². The minimum absolute atomic E-state index is 0.0137. The van der Waals surface area contributed by atoms with E-state index in [0.717, 1.165) is 6.07 Å². The number of amides is 1. The summed E-state index contributed by atoms with van der Waals surface area (Å²) >= 11 is 5.39. The largest absolute Gasteiger partial charge is 0.507 e. The summed E-state index contributed by atoms with van der Waals surface area (Å²) in [7, 11) is 0. The van der Waals surface area contributed by atoms with E-state index < -0.39 is 11.7 Å². The number of benzene rings is 2. The van der Waals surface area contributed by atoms with E-state index in [4.69, 9.17) is 16.6 Å². The van der Waals surface area contributed by atoms with Crippen LogP contribution >= 0.6 is 12.2 Å². The van der Waals surface area contributed by atoms with Crippen LogP contribution in [0.25, 0.3) is 28.2 Å². The molecule has 0 unspecified atom stereocenters. The summed E-state index contributed by atoms with van der Waals surface area (Å²) in [4.78, 5) is 16.7. The number of nitrogens with zero attached hydrogens (tertiary/aromatic N) is 1. The number of phenols is 1. The Morgan fingerprint density at radius 1 is 1.18 bits per heavy atom. The minimum atomic E-state index is -4.55. The number of alkyl halides is 3. The molecule has 0 saturated carbocycles. The molecule has 0 radical (unpaired) electrons. The van der Waals surface area contributed by atoms with Crippen molar-refractivity contribution >= 4 is 34.4 Å². The highest BCUT2D eigenvalue weighted by molar-refractivity contribution is 7.81. The molecule has 0 aliphatic heterocycles. The summed E-state index contributed by atoms with van der Waals surface area (Å²) in [6, 6.07) is 9.18. The number of carbonyl (C=O) groups is 1. The lowest BCUT2D eigenvalue weighted by Crippen LogP contribution is -2.09. The molecule has 2 aromatic carbocycles. The highest BCUT2D eigenvalue weighted by Crippen LogP contribution is 2.41. The third kappa shape index (κ3) is 4.58. The van der Waals surface area contributed by atoms with Gasteiger partial charge in [0, 0.05) is 23.8 Å². The molecular formula is C24H17F3N2O3S. The van der Waals surface area contributed by atoms with Crippen LogP contribution < -0.4 is 5.32 Å². The first-order valence-corrected chi connectivity index (χ1v) is 10.2. The van der Waals surface area contributed by atoms with Crippen molar-refractivity contribution in [3.8, 4) is 28.3 Å². The van der Waals surface area contributed by atoms with E-state index in [9.17, 15) is 23.1 Å². The predicted octanol–water partition coefficient (Wildman–Crippen LogP) is 6.40. The number of aromatic nitrogens is 1. The molecule has 1 aliphatic rings. The normalized spacial score (nSPS) is 13.7. The van der Waals surface area contributed by atoms with Crippen molar-refractivity contribution in [2.75, 3.05) is 5.32 Å². The third-order valence-electron chi connectivity index (χ3n) is 4.95. The second-order valence-corrected chi connectivity index (χ2v) is 7.78. The summed E-state index contributed by atoms with van der Waals surface area (Å²) in [6.45, 7) is 1.31. The van der Waals surface area contributed by atoms with E-state index in [2.05, 4.69) is 10.3 Å². The van der Waals surface area contributed by atoms with Gasteiger partial charge in [-0.05, 0) is 29.3 Å². The van der Waals surface area contributed by atoms with Crippen molar-refractivity contribution in [1.82, 2.24) is 4.98 Å². The lowest BCUT2D eigenvalue weighted by atomic mass is 9.98. The number of hydrogen-bond acceptors (Lipinski definition) is 5. The maximum absolute atomic E-state index is 13.4. The van der Waals surface area contributed by atoms with E-state index in [1.807, 2.05) is 6.08 Å². The number of phenolic OH excluding ortho intramolecular Hbond substituents is 1. The zero-order chi connectivity index (χ0) is 23.8. The maximum atomic E-state index is 13.4. The molecule has 3 aromatic rings. The Hall–Kier alpha value is -3.72. The number of anilines is 1. The average molecular weight is 470 g/mol. The van der Waals surface area contributed by atoms with Crippen LogP contribution in [0.15, 0.2) is 65.1 Å². The van der Waals surface area contributed by atoms with Crippen LogP contribution in [0.3, 0.4) is 0 Å². The van der Waals surface area contributed by atoms with Gasteiger partial charge in [-0.1, -0.05) is 54.7 Å². The second-order valence-electron chi connectivity index (χ2n) is 7.29. The SMILES string of the molecule is CC(=O)Nc1oc(-c2ccc(-c3ccccc3C(F)(F)F)cc2O)nc1C1=CC=CCC1=S. The minimum Gasteiger partial charge on any atom is -0.507 e. The number of rotatable bonds is 4. The van der Waals surface area contributed by atoms with Crippen molar-refractivity contribution in [1.29, 1.82) is 0 Å². The quantitative estimate of drug-likeness (QED) is 0.431. The second kappa shape index (κ2) is 8.67. The number of nitrogens with one attached hydrogen (secondary N) is 1. The monoisotopic (exact) mass is 470 g/mol. The Bertz CT molecular complexity index is 1320. The molecule has 9 heteroatoms. The van der Waals surface area contributed by atoms with Gasteiger partial charge < -0.3 is 9.52 Å². The van der Waals surface area contributed by atoms with Crippen molar-refractivity contribution in [2.45, 2.75) is 19.5 Å². The summed E-state index contributed by atoms with van der Waals surface area (Å²) in [5, 5.41) is 13.2. The van der Waals surface area contributed by atoms with Crippen LogP contribution in [0, 0.1) is 0 Å². The number of allylic oxidation sites excluding steroid dienone is 4. The molecule has 33 heavy (non-hydrogen) atoms. The lowest BCUT2D eigenvalue weighted by Gasteiger charge is -2.13. The number of thiocarbonyl (C=S) groups is 1. The number of halogens is 3. The van der Waals surface area contributed by atoms with E-state index in [1.54, 1.807) is 12.2 Å². The molecule has 0 saturated heterocycles. The maximum Gasteiger partial charge on any atom is 0.417 e. The van der Waals surface area contributed by atoms with Crippen LogP contribution in [0.2, 0.25) is 0 Å². The highest BCUT2D eigenvalue weighted by Gasteiger charge is 2.33.